The van der Waals surface area contributed by atoms with Crippen LogP contribution in [-0.2, 0) is 6.54 Å². The van der Waals surface area contributed by atoms with Crippen molar-refractivity contribution in [3.8, 4) is 5.75 Å². The number of nitrogens with one attached hydrogen (secondary N) is 1. The fourth-order valence-electron chi connectivity index (χ4n) is 2.65. The van der Waals surface area contributed by atoms with Gasteiger partial charge in [0.25, 0.3) is 5.91 Å². The number of methoxy groups -OCH3 is 1. The third-order valence-electron chi connectivity index (χ3n) is 3.95. The van der Waals surface area contributed by atoms with Crippen molar-refractivity contribution in [2.24, 2.45) is 0 Å². The van der Waals surface area contributed by atoms with Gasteiger partial charge in [-0.25, -0.2) is 0 Å². The topological polar surface area (TPSA) is 45.3 Å². The number of benzene rings is 2. The fraction of sp³-hybridized carbons (Fsp3) is 0.211. The van der Waals surface area contributed by atoms with E-state index in [2.05, 4.69) is 4.98 Å². The highest BCUT2D eigenvalue weighted by Crippen LogP contribution is 2.22. The lowest BCUT2D eigenvalue weighted by atomic mass is 10.2. The maximum absolute atomic E-state index is 12.8. The Morgan fingerprint density at radius 2 is 1.91 bits per heavy atom. The molecule has 3 rings (SSSR count). The van der Waals surface area contributed by atoms with Gasteiger partial charge in [0.2, 0.25) is 0 Å². The van der Waals surface area contributed by atoms with E-state index in [1.165, 1.54) is 0 Å². The number of amides is 1. The number of ether oxygens (including phenoxy) is 1. The molecular formula is C19H20N2O2. The number of aromatic nitrogens is 1. The zero-order valence-electron chi connectivity index (χ0n) is 13.4. The minimum Gasteiger partial charge on any atom is -0.497 e. The summed E-state index contributed by atoms with van der Waals surface area (Å²) in [6.45, 7) is 3.26. The molecule has 2 aromatic carbocycles. The number of nitrogens with zero attached hydrogens (tertiary/aromatic N) is 1. The molecular weight excluding hydrogens is 288 g/mol. The molecule has 0 aliphatic carbocycles. The van der Waals surface area contributed by atoms with Gasteiger partial charge in [-0.1, -0.05) is 30.3 Å². The van der Waals surface area contributed by atoms with Crippen molar-refractivity contribution in [2.75, 3.05) is 13.7 Å². The number of carbonyl (C=O) groups is 1. The molecule has 1 heterocycles. The summed E-state index contributed by atoms with van der Waals surface area (Å²) in [4.78, 5) is 17.8. The van der Waals surface area contributed by atoms with Gasteiger partial charge in [-0.2, -0.15) is 0 Å². The van der Waals surface area contributed by atoms with Crippen LogP contribution in [0.15, 0.2) is 54.6 Å². The zero-order valence-corrected chi connectivity index (χ0v) is 13.4. The van der Waals surface area contributed by atoms with Crippen LogP contribution >= 0.6 is 0 Å². The van der Waals surface area contributed by atoms with Gasteiger partial charge in [-0.05, 0) is 30.7 Å². The first-order valence-corrected chi connectivity index (χ1v) is 7.71. The molecule has 23 heavy (non-hydrogen) atoms. The standard InChI is InChI=1S/C19H20N2O2/c1-3-21(13-14-7-5-4-6-8-14)19(22)18-11-15-9-10-16(23-2)12-17(15)20-18/h4-12,20H,3,13H2,1-2H3. The molecule has 1 N–H and O–H groups in total. The Balaban J connectivity index is 1.85. The van der Waals surface area contributed by atoms with Crippen LogP contribution in [0.25, 0.3) is 10.9 Å². The molecule has 0 spiro atoms. The highest BCUT2D eigenvalue weighted by molar-refractivity contribution is 5.98. The second-order valence-electron chi connectivity index (χ2n) is 5.44. The molecule has 0 atom stereocenters. The molecule has 1 amide bonds. The Morgan fingerprint density at radius 1 is 1.13 bits per heavy atom. The summed E-state index contributed by atoms with van der Waals surface area (Å²) in [7, 11) is 1.63. The number of aromatic amines is 1. The predicted octanol–water partition coefficient (Wildman–Crippen LogP) is 3.84. The third kappa shape index (κ3) is 3.21. The molecule has 0 saturated carbocycles. The van der Waals surface area contributed by atoms with E-state index in [-0.39, 0.29) is 5.91 Å². The summed E-state index contributed by atoms with van der Waals surface area (Å²) in [5.41, 5.74) is 2.63. The molecule has 0 saturated heterocycles. The zero-order chi connectivity index (χ0) is 16.2. The molecule has 0 aliphatic rings. The number of rotatable bonds is 5. The Bertz CT molecular complexity index is 809. The monoisotopic (exact) mass is 308 g/mol. The number of hydrogen-bond donors (Lipinski definition) is 1. The molecule has 0 radical (unpaired) electrons. The molecule has 3 aromatic rings. The van der Waals surface area contributed by atoms with Crippen molar-refractivity contribution in [1.29, 1.82) is 0 Å². The van der Waals surface area contributed by atoms with Crippen LogP contribution in [0.2, 0.25) is 0 Å². The van der Waals surface area contributed by atoms with Crippen LogP contribution in [-0.4, -0.2) is 29.4 Å². The lowest BCUT2D eigenvalue weighted by molar-refractivity contribution is 0.0747. The van der Waals surface area contributed by atoms with Crippen LogP contribution in [0.5, 0.6) is 5.75 Å². The van der Waals surface area contributed by atoms with Crippen molar-refractivity contribution in [3.63, 3.8) is 0 Å². The van der Waals surface area contributed by atoms with E-state index in [0.29, 0.717) is 18.8 Å². The molecule has 0 fully saturated rings. The normalized spacial score (nSPS) is 10.7. The second kappa shape index (κ2) is 6.57. The number of H-pyrrole nitrogens is 1. The number of carbonyl (C=O) groups excluding carboxylic acids is 1. The van der Waals surface area contributed by atoms with Crippen LogP contribution < -0.4 is 4.74 Å². The SMILES string of the molecule is CCN(Cc1ccccc1)C(=O)c1cc2ccc(OC)cc2[nH]1. The summed E-state index contributed by atoms with van der Waals surface area (Å²) in [5.74, 6) is 0.779. The minimum atomic E-state index is 0.00604. The van der Waals surface area contributed by atoms with Crippen LogP contribution in [0, 0.1) is 0 Å². The van der Waals surface area contributed by atoms with Crippen molar-refractivity contribution < 1.29 is 9.53 Å². The summed E-state index contributed by atoms with van der Waals surface area (Å²) < 4.78 is 5.22. The predicted molar refractivity (Wildman–Crippen MR) is 91.7 cm³/mol. The quantitative estimate of drug-likeness (QED) is 0.778. The maximum atomic E-state index is 12.8. The van der Waals surface area contributed by atoms with Gasteiger partial charge in [0.1, 0.15) is 11.4 Å². The molecule has 118 valence electrons. The van der Waals surface area contributed by atoms with Crippen LogP contribution in [0.4, 0.5) is 0 Å². The highest BCUT2D eigenvalue weighted by Gasteiger charge is 2.17. The van der Waals surface area contributed by atoms with Gasteiger partial charge >= 0.3 is 0 Å². The van der Waals surface area contributed by atoms with Gasteiger partial charge < -0.3 is 14.6 Å². The molecule has 0 aliphatic heterocycles. The fourth-order valence-corrected chi connectivity index (χ4v) is 2.65. The Hall–Kier alpha value is -2.75. The first kappa shape index (κ1) is 15.2. The summed E-state index contributed by atoms with van der Waals surface area (Å²) >= 11 is 0. The van der Waals surface area contributed by atoms with Crippen molar-refractivity contribution in [2.45, 2.75) is 13.5 Å². The first-order valence-electron chi connectivity index (χ1n) is 7.71. The Kier molecular flexibility index (Phi) is 4.33. The van der Waals surface area contributed by atoms with Gasteiger partial charge in [0.05, 0.1) is 7.11 Å². The molecule has 0 unspecified atom stereocenters. The molecule has 4 heteroatoms. The van der Waals surface area contributed by atoms with E-state index in [1.54, 1.807) is 7.11 Å². The summed E-state index contributed by atoms with van der Waals surface area (Å²) in [5, 5.41) is 1.00. The van der Waals surface area contributed by atoms with E-state index in [4.69, 9.17) is 4.74 Å². The minimum absolute atomic E-state index is 0.00604. The second-order valence-corrected chi connectivity index (χ2v) is 5.44. The lowest BCUT2D eigenvalue weighted by Crippen LogP contribution is -2.30. The van der Waals surface area contributed by atoms with Crippen molar-refractivity contribution in [1.82, 2.24) is 9.88 Å². The molecule has 0 bridgehead atoms. The Labute approximate surface area is 135 Å². The van der Waals surface area contributed by atoms with Gasteiger partial charge in [-0.3, -0.25) is 4.79 Å². The first-order chi connectivity index (χ1) is 11.2. The van der Waals surface area contributed by atoms with E-state index in [0.717, 1.165) is 22.2 Å². The van der Waals surface area contributed by atoms with Crippen LogP contribution in [0.3, 0.4) is 0 Å². The average molecular weight is 308 g/mol. The van der Waals surface area contributed by atoms with Crippen molar-refractivity contribution in [3.05, 3.63) is 65.9 Å². The van der Waals surface area contributed by atoms with E-state index in [1.807, 2.05) is 66.4 Å². The summed E-state index contributed by atoms with van der Waals surface area (Å²) in [6.07, 6.45) is 0. The van der Waals surface area contributed by atoms with Crippen LogP contribution in [0.1, 0.15) is 23.0 Å². The summed E-state index contributed by atoms with van der Waals surface area (Å²) in [6, 6.07) is 17.7. The number of fused-ring (bicyclic) bond motifs is 1. The Morgan fingerprint density at radius 3 is 2.61 bits per heavy atom. The smallest absolute Gasteiger partial charge is 0.270 e. The van der Waals surface area contributed by atoms with Gasteiger partial charge in [0.15, 0.2) is 0 Å². The van der Waals surface area contributed by atoms with E-state index < -0.39 is 0 Å². The molecule has 1 aromatic heterocycles. The average Bonchev–Trinajstić information content (AvgIpc) is 3.03. The highest BCUT2D eigenvalue weighted by atomic mass is 16.5. The van der Waals surface area contributed by atoms with Crippen molar-refractivity contribution >= 4 is 16.8 Å². The van der Waals surface area contributed by atoms with Gasteiger partial charge in [0, 0.05) is 30.1 Å². The van der Waals surface area contributed by atoms with Gasteiger partial charge in [-0.15, -0.1) is 0 Å². The third-order valence-corrected chi connectivity index (χ3v) is 3.95. The molecule has 4 nitrogen and oxygen atoms in total. The van der Waals surface area contributed by atoms with E-state index in [9.17, 15) is 4.79 Å². The lowest BCUT2D eigenvalue weighted by Gasteiger charge is -2.20. The maximum Gasteiger partial charge on any atom is 0.270 e. The largest absolute Gasteiger partial charge is 0.497 e. The number of hydrogen-bond acceptors (Lipinski definition) is 2. The van der Waals surface area contributed by atoms with E-state index >= 15 is 0 Å².